The second kappa shape index (κ2) is 7.58. The minimum Gasteiger partial charge on any atom is -0.477 e. The lowest BCUT2D eigenvalue weighted by Crippen LogP contribution is -2.44. The van der Waals surface area contributed by atoms with E-state index in [0.29, 0.717) is 36.6 Å². The Morgan fingerprint density at radius 3 is 2.66 bits per heavy atom. The molecule has 29 heavy (non-hydrogen) atoms. The number of rotatable bonds is 3. The highest BCUT2D eigenvalue weighted by Gasteiger charge is 2.25. The maximum Gasteiger partial charge on any atom is 0.341 e. The van der Waals surface area contributed by atoms with Crippen molar-refractivity contribution in [3.63, 3.8) is 0 Å². The van der Waals surface area contributed by atoms with Gasteiger partial charge < -0.3 is 24.9 Å². The second-order valence-corrected chi connectivity index (χ2v) is 7.42. The number of carboxylic acid groups (broad SMARTS) is 1. The fourth-order valence-electron chi connectivity index (χ4n) is 3.50. The summed E-state index contributed by atoms with van der Waals surface area (Å²) in [6.07, 6.45) is 1.18. The molecule has 0 atom stereocenters. The molecule has 0 aliphatic carbocycles. The van der Waals surface area contributed by atoms with E-state index in [0.717, 1.165) is 6.07 Å². The summed E-state index contributed by atoms with van der Waals surface area (Å²) in [6, 6.07) is 6.07. The summed E-state index contributed by atoms with van der Waals surface area (Å²) in [7, 11) is 0. The summed E-state index contributed by atoms with van der Waals surface area (Å²) in [5.41, 5.74) is -0.892. The van der Waals surface area contributed by atoms with E-state index >= 15 is 4.39 Å². The first-order chi connectivity index (χ1) is 13.9. The Bertz CT molecular complexity index is 1250. The van der Waals surface area contributed by atoms with Crippen LogP contribution in [-0.2, 0) is 0 Å². The van der Waals surface area contributed by atoms with Crippen molar-refractivity contribution in [2.24, 2.45) is 0 Å². The van der Waals surface area contributed by atoms with E-state index in [-0.39, 0.29) is 21.6 Å². The number of aromatic amines is 1. The van der Waals surface area contributed by atoms with Gasteiger partial charge in [0.25, 0.3) is 0 Å². The van der Waals surface area contributed by atoms with E-state index in [4.69, 9.17) is 23.8 Å². The van der Waals surface area contributed by atoms with Gasteiger partial charge in [-0.3, -0.25) is 4.79 Å². The van der Waals surface area contributed by atoms with Crippen LogP contribution in [0.5, 0.6) is 0 Å². The smallest absolute Gasteiger partial charge is 0.341 e. The summed E-state index contributed by atoms with van der Waals surface area (Å²) in [4.78, 5) is 29.1. The Morgan fingerprint density at radius 1 is 1.28 bits per heavy atom. The number of benzene rings is 1. The first-order valence-electron chi connectivity index (χ1n) is 8.84. The van der Waals surface area contributed by atoms with Gasteiger partial charge in [0.1, 0.15) is 21.8 Å². The lowest BCUT2D eigenvalue weighted by molar-refractivity contribution is 0.0695. The van der Waals surface area contributed by atoms with Crippen molar-refractivity contribution < 1.29 is 14.3 Å². The molecule has 1 saturated heterocycles. The SMILES string of the molecule is O=C(O)c1cn(-c2cccc(=S)[nH]2)c2c(Cl)c(N3CCNCC3)c(F)cc2c1=O. The van der Waals surface area contributed by atoms with Gasteiger partial charge in [0.15, 0.2) is 0 Å². The standard InChI is InChI=1S/C19H16ClFN4O3S/c20-15-16-10(8-12(21)17(15)24-6-4-22-5-7-24)18(26)11(19(27)28)9-25(16)13-2-1-3-14(29)23-13/h1-3,8-9,22H,4-7H2,(H,23,29)(H,27,28). The number of carbonyl (C=O) groups is 1. The number of nitrogens with one attached hydrogen (secondary N) is 2. The lowest BCUT2D eigenvalue weighted by Gasteiger charge is -2.31. The van der Waals surface area contributed by atoms with Gasteiger partial charge in [-0.25, -0.2) is 9.18 Å². The maximum atomic E-state index is 15.0. The van der Waals surface area contributed by atoms with Crippen LogP contribution in [0.3, 0.4) is 0 Å². The maximum absolute atomic E-state index is 15.0. The highest BCUT2D eigenvalue weighted by Crippen LogP contribution is 2.36. The average Bonchev–Trinajstić information content (AvgIpc) is 2.69. The molecular formula is C19H16ClFN4O3S. The Labute approximate surface area is 174 Å². The molecule has 10 heteroatoms. The number of hydrogen-bond acceptors (Lipinski definition) is 5. The quantitative estimate of drug-likeness (QED) is 0.549. The molecule has 0 bridgehead atoms. The highest BCUT2D eigenvalue weighted by molar-refractivity contribution is 7.71. The molecule has 150 valence electrons. The third-order valence-electron chi connectivity index (χ3n) is 4.83. The van der Waals surface area contributed by atoms with Crippen LogP contribution in [-0.4, -0.2) is 46.8 Å². The highest BCUT2D eigenvalue weighted by atomic mass is 35.5. The molecule has 0 unspecified atom stereocenters. The molecule has 0 saturated carbocycles. The van der Waals surface area contributed by atoms with Crippen LogP contribution in [0.15, 0.2) is 35.3 Å². The van der Waals surface area contributed by atoms with Crippen LogP contribution in [0.2, 0.25) is 5.02 Å². The molecular weight excluding hydrogens is 419 g/mol. The van der Waals surface area contributed by atoms with E-state index in [2.05, 4.69) is 10.3 Å². The molecule has 1 aliphatic heterocycles. The first-order valence-corrected chi connectivity index (χ1v) is 9.63. The second-order valence-electron chi connectivity index (χ2n) is 6.60. The first kappa shape index (κ1) is 19.6. The molecule has 4 rings (SSSR count). The average molecular weight is 435 g/mol. The predicted octanol–water partition coefficient (Wildman–Crippen LogP) is 2.95. The molecule has 2 aromatic heterocycles. The molecule has 3 heterocycles. The minimum atomic E-state index is -1.41. The van der Waals surface area contributed by atoms with Crippen molar-refractivity contribution in [1.29, 1.82) is 0 Å². The third kappa shape index (κ3) is 3.41. The van der Waals surface area contributed by atoms with E-state index in [9.17, 15) is 14.7 Å². The fourth-order valence-corrected chi connectivity index (χ4v) is 4.09. The Morgan fingerprint density at radius 2 is 2.00 bits per heavy atom. The van der Waals surface area contributed by atoms with Crippen LogP contribution in [0, 0.1) is 10.5 Å². The molecule has 1 fully saturated rings. The van der Waals surface area contributed by atoms with Crippen LogP contribution in [0.1, 0.15) is 10.4 Å². The minimum absolute atomic E-state index is 0.0408. The molecule has 1 aromatic carbocycles. The number of piperazine rings is 1. The zero-order valence-corrected chi connectivity index (χ0v) is 16.6. The Balaban J connectivity index is 2.11. The van der Waals surface area contributed by atoms with Crippen LogP contribution in [0.4, 0.5) is 10.1 Å². The van der Waals surface area contributed by atoms with Gasteiger partial charge in [0, 0.05) is 32.4 Å². The number of hydrogen-bond donors (Lipinski definition) is 3. The van der Waals surface area contributed by atoms with Crippen molar-refractivity contribution in [2.45, 2.75) is 0 Å². The van der Waals surface area contributed by atoms with Crippen molar-refractivity contribution in [1.82, 2.24) is 14.9 Å². The van der Waals surface area contributed by atoms with Gasteiger partial charge in [-0.15, -0.1) is 0 Å². The predicted molar refractivity (Wildman–Crippen MR) is 112 cm³/mol. The summed E-state index contributed by atoms with van der Waals surface area (Å²) in [5, 5.41) is 12.6. The van der Waals surface area contributed by atoms with Crippen molar-refractivity contribution in [3.05, 3.63) is 61.7 Å². The molecule has 3 N–H and O–H groups in total. The molecule has 0 radical (unpaired) electrons. The van der Waals surface area contributed by atoms with E-state index in [1.165, 1.54) is 10.8 Å². The van der Waals surface area contributed by atoms with Gasteiger partial charge in [-0.05, 0) is 18.2 Å². The number of halogens is 2. The largest absolute Gasteiger partial charge is 0.477 e. The Hall–Kier alpha value is -2.75. The summed E-state index contributed by atoms with van der Waals surface area (Å²) in [6.45, 7) is 2.44. The molecule has 1 aliphatic rings. The molecule has 7 nitrogen and oxygen atoms in total. The van der Waals surface area contributed by atoms with E-state index < -0.39 is 22.8 Å². The monoisotopic (exact) mass is 434 g/mol. The summed E-state index contributed by atoms with van der Waals surface area (Å²) < 4.78 is 16.9. The van der Waals surface area contributed by atoms with E-state index in [1.807, 2.05) is 0 Å². The summed E-state index contributed by atoms with van der Waals surface area (Å²) in [5.74, 6) is -1.68. The number of fused-ring (bicyclic) bond motifs is 1. The zero-order chi connectivity index (χ0) is 20.7. The number of H-pyrrole nitrogens is 1. The number of aromatic nitrogens is 2. The van der Waals surface area contributed by atoms with Gasteiger partial charge >= 0.3 is 5.97 Å². The number of anilines is 1. The van der Waals surface area contributed by atoms with Crippen molar-refractivity contribution in [3.8, 4) is 5.82 Å². The molecule has 0 spiro atoms. The Kier molecular flexibility index (Phi) is 5.12. The zero-order valence-electron chi connectivity index (χ0n) is 15.0. The van der Waals surface area contributed by atoms with Gasteiger partial charge in [0.2, 0.25) is 5.43 Å². The molecule has 3 aromatic rings. The van der Waals surface area contributed by atoms with Crippen LogP contribution in [0.25, 0.3) is 16.7 Å². The number of pyridine rings is 2. The van der Waals surface area contributed by atoms with Gasteiger partial charge in [-0.1, -0.05) is 29.9 Å². The molecule has 0 amide bonds. The number of carboxylic acids is 1. The van der Waals surface area contributed by atoms with E-state index in [1.54, 1.807) is 23.1 Å². The van der Waals surface area contributed by atoms with Crippen LogP contribution < -0.4 is 15.6 Å². The van der Waals surface area contributed by atoms with Gasteiger partial charge in [-0.2, -0.15) is 0 Å². The van der Waals surface area contributed by atoms with Crippen molar-refractivity contribution in [2.75, 3.05) is 31.1 Å². The lowest BCUT2D eigenvalue weighted by atomic mass is 10.1. The summed E-state index contributed by atoms with van der Waals surface area (Å²) >= 11 is 11.8. The topological polar surface area (TPSA) is 90.4 Å². The van der Waals surface area contributed by atoms with Crippen molar-refractivity contribution >= 4 is 46.4 Å². The van der Waals surface area contributed by atoms with Gasteiger partial charge in [0.05, 0.1) is 21.6 Å². The fraction of sp³-hybridized carbons (Fsp3) is 0.211. The third-order valence-corrected chi connectivity index (χ3v) is 5.43. The normalized spacial score (nSPS) is 14.3. The number of aromatic carboxylic acids is 1. The van der Waals surface area contributed by atoms with Crippen LogP contribution >= 0.6 is 23.8 Å². The number of nitrogens with zero attached hydrogens (tertiary/aromatic N) is 2.